The number of ether oxygens (including phenoxy) is 2. The van der Waals surface area contributed by atoms with Gasteiger partial charge in [0.25, 0.3) is 0 Å². The van der Waals surface area contributed by atoms with Crippen LogP contribution in [0.2, 0.25) is 0 Å². The predicted molar refractivity (Wildman–Crippen MR) is 56.4 cm³/mol. The van der Waals surface area contributed by atoms with Gasteiger partial charge in [-0.1, -0.05) is 6.08 Å². The highest BCUT2D eigenvalue weighted by molar-refractivity contribution is 5.79. The molecule has 3 nitrogen and oxygen atoms in total. The van der Waals surface area contributed by atoms with Gasteiger partial charge in [0.2, 0.25) is 0 Å². The summed E-state index contributed by atoms with van der Waals surface area (Å²) in [4.78, 5) is 11.1. The lowest BCUT2D eigenvalue weighted by molar-refractivity contribution is -0.292. The van der Waals surface area contributed by atoms with Crippen LogP contribution in [0.25, 0.3) is 0 Å². The van der Waals surface area contributed by atoms with Gasteiger partial charge in [-0.2, -0.15) is 0 Å². The fourth-order valence-electron chi connectivity index (χ4n) is 2.20. The Hall–Kier alpha value is -0.670. The Morgan fingerprint density at radius 3 is 2.47 bits per heavy atom. The molecule has 1 spiro atoms. The molecule has 0 aromatic heterocycles. The van der Waals surface area contributed by atoms with Gasteiger partial charge in [0, 0.05) is 31.6 Å². The van der Waals surface area contributed by atoms with E-state index in [1.807, 2.05) is 6.08 Å². The zero-order valence-electron chi connectivity index (χ0n) is 9.04. The number of hydrogen-bond acceptors (Lipinski definition) is 3. The van der Waals surface area contributed by atoms with Gasteiger partial charge in [-0.3, -0.25) is 4.79 Å². The lowest BCUT2D eigenvalue weighted by Crippen LogP contribution is -2.46. The van der Waals surface area contributed by atoms with Crippen molar-refractivity contribution in [2.45, 2.75) is 37.9 Å². The number of ketones is 1. The Labute approximate surface area is 90.4 Å². The van der Waals surface area contributed by atoms with Gasteiger partial charge in [-0.25, -0.2) is 0 Å². The summed E-state index contributed by atoms with van der Waals surface area (Å²) in [6, 6.07) is 0. The number of allylic oxidation sites excluding steroid dienone is 1. The second kappa shape index (κ2) is 4.45. The molecule has 1 aliphatic heterocycles. The van der Waals surface area contributed by atoms with E-state index in [0.29, 0.717) is 24.5 Å². The number of carbonyl (C=O) groups excluding carboxylic acids is 1. The molecule has 0 amide bonds. The molecule has 0 radical (unpaired) electrons. The SMILES string of the molecule is C=CCC1COC2(CCC(=O)CC2)OC1. The molecule has 2 fully saturated rings. The minimum atomic E-state index is -0.439. The summed E-state index contributed by atoms with van der Waals surface area (Å²) in [5.74, 6) is 0.331. The molecule has 0 unspecified atom stereocenters. The van der Waals surface area contributed by atoms with Gasteiger partial charge in [0.1, 0.15) is 5.78 Å². The van der Waals surface area contributed by atoms with Crippen molar-refractivity contribution in [2.24, 2.45) is 5.92 Å². The van der Waals surface area contributed by atoms with Crippen LogP contribution >= 0.6 is 0 Å². The molecule has 0 atom stereocenters. The summed E-state index contributed by atoms with van der Waals surface area (Å²) < 4.78 is 11.6. The first kappa shape index (κ1) is 10.8. The highest BCUT2D eigenvalue weighted by Gasteiger charge is 2.40. The first-order chi connectivity index (χ1) is 7.24. The minimum absolute atomic E-state index is 0.334. The van der Waals surface area contributed by atoms with Crippen LogP contribution in [0.15, 0.2) is 12.7 Å². The van der Waals surface area contributed by atoms with Crippen molar-refractivity contribution in [1.29, 1.82) is 0 Å². The van der Waals surface area contributed by atoms with Crippen LogP contribution < -0.4 is 0 Å². The molecular formula is C12H18O3. The Morgan fingerprint density at radius 1 is 1.33 bits per heavy atom. The van der Waals surface area contributed by atoms with Crippen molar-refractivity contribution in [3.8, 4) is 0 Å². The fraction of sp³-hybridized carbons (Fsp3) is 0.750. The Bertz CT molecular complexity index is 240. The van der Waals surface area contributed by atoms with Gasteiger partial charge in [-0.05, 0) is 6.42 Å². The quantitative estimate of drug-likeness (QED) is 0.654. The van der Waals surface area contributed by atoms with E-state index in [1.165, 1.54) is 0 Å². The molecule has 1 aliphatic carbocycles. The third kappa shape index (κ3) is 2.47. The number of Topliss-reactive ketones (excluding diaryl/α,β-unsaturated/α-hetero) is 1. The zero-order valence-corrected chi connectivity index (χ0v) is 9.04. The van der Waals surface area contributed by atoms with E-state index in [1.54, 1.807) is 0 Å². The Balaban J connectivity index is 1.86. The fourth-order valence-corrected chi connectivity index (χ4v) is 2.20. The van der Waals surface area contributed by atoms with E-state index < -0.39 is 5.79 Å². The van der Waals surface area contributed by atoms with Crippen LogP contribution in [0.5, 0.6) is 0 Å². The van der Waals surface area contributed by atoms with Gasteiger partial charge >= 0.3 is 0 Å². The van der Waals surface area contributed by atoms with Crippen molar-refractivity contribution in [3.63, 3.8) is 0 Å². The lowest BCUT2D eigenvalue weighted by Gasteiger charge is -2.42. The highest BCUT2D eigenvalue weighted by Crippen LogP contribution is 2.35. The molecule has 1 saturated carbocycles. The molecule has 15 heavy (non-hydrogen) atoms. The van der Waals surface area contributed by atoms with Crippen LogP contribution in [0, 0.1) is 5.92 Å². The van der Waals surface area contributed by atoms with Gasteiger partial charge in [0.05, 0.1) is 13.2 Å². The van der Waals surface area contributed by atoms with E-state index in [0.717, 1.165) is 32.5 Å². The molecule has 1 saturated heterocycles. The summed E-state index contributed by atoms with van der Waals surface area (Å²) in [6.07, 6.45) is 5.51. The maximum Gasteiger partial charge on any atom is 0.169 e. The Morgan fingerprint density at radius 2 is 1.93 bits per heavy atom. The number of hydrogen-bond donors (Lipinski definition) is 0. The monoisotopic (exact) mass is 210 g/mol. The van der Waals surface area contributed by atoms with Gasteiger partial charge < -0.3 is 9.47 Å². The number of rotatable bonds is 2. The van der Waals surface area contributed by atoms with Crippen LogP contribution in [0.4, 0.5) is 0 Å². The largest absolute Gasteiger partial charge is 0.350 e. The normalized spacial score (nSPS) is 26.8. The third-order valence-electron chi connectivity index (χ3n) is 3.23. The van der Waals surface area contributed by atoms with E-state index in [4.69, 9.17) is 9.47 Å². The first-order valence-electron chi connectivity index (χ1n) is 5.65. The molecular weight excluding hydrogens is 192 g/mol. The van der Waals surface area contributed by atoms with E-state index >= 15 is 0 Å². The van der Waals surface area contributed by atoms with Crippen LogP contribution in [-0.4, -0.2) is 24.8 Å². The van der Waals surface area contributed by atoms with E-state index in [2.05, 4.69) is 6.58 Å². The second-order valence-electron chi connectivity index (χ2n) is 4.46. The van der Waals surface area contributed by atoms with Crippen LogP contribution in [0.1, 0.15) is 32.1 Å². The van der Waals surface area contributed by atoms with Gasteiger partial charge in [0.15, 0.2) is 5.79 Å². The van der Waals surface area contributed by atoms with Crippen molar-refractivity contribution < 1.29 is 14.3 Å². The molecule has 0 aromatic carbocycles. The summed E-state index contributed by atoms with van der Waals surface area (Å²) >= 11 is 0. The average Bonchev–Trinajstić information content (AvgIpc) is 2.27. The van der Waals surface area contributed by atoms with Crippen molar-refractivity contribution in [1.82, 2.24) is 0 Å². The topological polar surface area (TPSA) is 35.5 Å². The van der Waals surface area contributed by atoms with E-state index in [9.17, 15) is 4.79 Å². The smallest absolute Gasteiger partial charge is 0.169 e. The molecule has 1 heterocycles. The minimum Gasteiger partial charge on any atom is -0.350 e. The van der Waals surface area contributed by atoms with Gasteiger partial charge in [-0.15, -0.1) is 6.58 Å². The maximum atomic E-state index is 11.1. The molecule has 3 heteroatoms. The summed E-state index contributed by atoms with van der Waals surface area (Å²) in [5.41, 5.74) is 0. The van der Waals surface area contributed by atoms with Crippen LogP contribution in [0.3, 0.4) is 0 Å². The Kier molecular flexibility index (Phi) is 3.22. The van der Waals surface area contributed by atoms with Crippen molar-refractivity contribution >= 4 is 5.78 Å². The molecule has 0 aromatic rings. The molecule has 0 bridgehead atoms. The second-order valence-corrected chi connectivity index (χ2v) is 4.46. The summed E-state index contributed by atoms with van der Waals surface area (Å²) in [6.45, 7) is 5.19. The molecule has 2 aliphatic rings. The van der Waals surface area contributed by atoms with Crippen molar-refractivity contribution in [2.75, 3.05) is 13.2 Å². The first-order valence-corrected chi connectivity index (χ1v) is 5.65. The molecule has 0 N–H and O–H groups in total. The summed E-state index contributed by atoms with van der Waals surface area (Å²) in [5, 5.41) is 0. The summed E-state index contributed by atoms with van der Waals surface area (Å²) in [7, 11) is 0. The average molecular weight is 210 g/mol. The van der Waals surface area contributed by atoms with Crippen LogP contribution in [-0.2, 0) is 14.3 Å². The maximum absolute atomic E-state index is 11.1. The van der Waals surface area contributed by atoms with Crippen molar-refractivity contribution in [3.05, 3.63) is 12.7 Å². The standard InChI is InChI=1S/C12H18O3/c1-2-3-10-8-14-12(15-9-10)6-4-11(13)5-7-12/h2,10H,1,3-9H2. The molecule has 84 valence electrons. The molecule has 2 rings (SSSR count). The lowest BCUT2D eigenvalue weighted by atomic mass is 9.91. The predicted octanol–water partition coefficient (Wildman–Crippen LogP) is 2.06. The third-order valence-corrected chi connectivity index (χ3v) is 3.23. The number of carbonyl (C=O) groups is 1. The van der Waals surface area contributed by atoms with E-state index in [-0.39, 0.29) is 0 Å². The zero-order chi connectivity index (χ0) is 10.7. The highest BCUT2D eigenvalue weighted by atomic mass is 16.7.